The fourth-order valence-electron chi connectivity index (χ4n) is 3.81. The predicted octanol–water partition coefficient (Wildman–Crippen LogP) is 4.91. The molecule has 0 saturated carbocycles. The average Bonchev–Trinajstić information content (AvgIpc) is 3.04. The van der Waals surface area contributed by atoms with Gasteiger partial charge in [0.05, 0.1) is 11.3 Å². The second-order valence-corrected chi connectivity index (χ2v) is 7.97. The molecule has 0 bridgehead atoms. The highest BCUT2D eigenvalue weighted by Gasteiger charge is 2.40. The summed E-state index contributed by atoms with van der Waals surface area (Å²) in [5, 5.41) is 5.89. The molecular weight excluding hydrogens is 414 g/mol. The van der Waals surface area contributed by atoms with Gasteiger partial charge in [-0.05, 0) is 66.4 Å². The van der Waals surface area contributed by atoms with Gasteiger partial charge in [-0.1, -0.05) is 43.3 Å². The standard InChI is InChI=1S/C27H25N3O3/c1-4-19-8-12-22(13-9-19)29-25-24(20-10-14-21(15-11-20)28-18(3)31)26(32)30(27(25)33)23-7-5-6-17(2)16-23/h5-16,29H,4H2,1-3H3,(H,28,31). The molecule has 33 heavy (non-hydrogen) atoms. The van der Waals surface area contributed by atoms with E-state index in [-0.39, 0.29) is 17.2 Å². The molecule has 1 aliphatic rings. The third-order valence-electron chi connectivity index (χ3n) is 5.47. The van der Waals surface area contributed by atoms with Crippen molar-refractivity contribution < 1.29 is 14.4 Å². The molecule has 0 saturated heterocycles. The van der Waals surface area contributed by atoms with Crippen LogP contribution >= 0.6 is 0 Å². The molecule has 1 aliphatic heterocycles. The van der Waals surface area contributed by atoms with Gasteiger partial charge in [0.25, 0.3) is 11.8 Å². The third-order valence-corrected chi connectivity index (χ3v) is 5.47. The SMILES string of the molecule is CCc1ccc(NC2=C(c3ccc(NC(C)=O)cc3)C(=O)N(c3cccc(C)c3)C2=O)cc1. The number of rotatable bonds is 6. The largest absolute Gasteiger partial charge is 0.350 e. The quantitative estimate of drug-likeness (QED) is 0.535. The Morgan fingerprint density at radius 3 is 2.15 bits per heavy atom. The highest BCUT2D eigenvalue weighted by molar-refractivity contribution is 6.46. The zero-order valence-corrected chi connectivity index (χ0v) is 18.8. The average molecular weight is 440 g/mol. The zero-order chi connectivity index (χ0) is 23.5. The second-order valence-electron chi connectivity index (χ2n) is 7.97. The number of nitrogens with zero attached hydrogens (tertiary/aromatic N) is 1. The van der Waals surface area contributed by atoms with Gasteiger partial charge in [-0.2, -0.15) is 0 Å². The first-order valence-electron chi connectivity index (χ1n) is 10.8. The Bertz CT molecular complexity index is 1260. The van der Waals surface area contributed by atoms with Crippen LogP contribution in [-0.2, 0) is 20.8 Å². The summed E-state index contributed by atoms with van der Waals surface area (Å²) >= 11 is 0. The monoisotopic (exact) mass is 439 g/mol. The maximum absolute atomic E-state index is 13.5. The topological polar surface area (TPSA) is 78.5 Å². The number of hydrogen-bond acceptors (Lipinski definition) is 4. The summed E-state index contributed by atoms with van der Waals surface area (Å²) in [7, 11) is 0. The van der Waals surface area contributed by atoms with Crippen molar-refractivity contribution in [3.8, 4) is 0 Å². The summed E-state index contributed by atoms with van der Waals surface area (Å²) < 4.78 is 0. The fraction of sp³-hybridized carbons (Fsp3) is 0.148. The lowest BCUT2D eigenvalue weighted by molar-refractivity contribution is -0.120. The van der Waals surface area contributed by atoms with Crippen molar-refractivity contribution >= 4 is 40.4 Å². The van der Waals surface area contributed by atoms with E-state index in [0.29, 0.717) is 16.9 Å². The number of carbonyl (C=O) groups excluding carboxylic acids is 3. The van der Waals surface area contributed by atoms with Gasteiger partial charge in [0.2, 0.25) is 5.91 Å². The minimum atomic E-state index is -0.411. The highest BCUT2D eigenvalue weighted by Crippen LogP contribution is 2.34. The van der Waals surface area contributed by atoms with E-state index in [9.17, 15) is 14.4 Å². The van der Waals surface area contributed by atoms with Crippen molar-refractivity contribution in [2.75, 3.05) is 15.5 Å². The molecule has 0 spiro atoms. The maximum atomic E-state index is 13.5. The molecule has 0 radical (unpaired) electrons. The van der Waals surface area contributed by atoms with Gasteiger partial charge in [-0.25, -0.2) is 4.90 Å². The van der Waals surface area contributed by atoms with Crippen LogP contribution in [0.25, 0.3) is 5.57 Å². The highest BCUT2D eigenvalue weighted by atomic mass is 16.2. The number of imide groups is 1. The van der Waals surface area contributed by atoms with Crippen molar-refractivity contribution in [3.63, 3.8) is 0 Å². The van der Waals surface area contributed by atoms with Crippen LogP contribution in [0, 0.1) is 6.92 Å². The van der Waals surface area contributed by atoms with Crippen LogP contribution < -0.4 is 15.5 Å². The van der Waals surface area contributed by atoms with E-state index < -0.39 is 11.8 Å². The van der Waals surface area contributed by atoms with Crippen LogP contribution in [0.15, 0.2) is 78.5 Å². The molecule has 1 heterocycles. The molecule has 0 atom stereocenters. The summed E-state index contributed by atoms with van der Waals surface area (Å²) in [4.78, 5) is 39.6. The molecule has 4 rings (SSSR count). The molecule has 3 aromatic rings. The molecule has 0 fully saturated rings. The molecule has 3 aromatic carbocycles. The Hall–Kier alpha value is -4.19. The van der Waals surface area contributed by atoms with Crippen LogP contribution in [0.3, 0.4) is 0 Å². The zero-order valence-electron chi connectivity index (χ0n) is 18.8. The van der Waals surface area contributed by atoms with Crippen molar-refractivity contribution in [1.82, 2.24) is 0 Å². The van der Waals surface area contributed by atoms with E-state index in [0.717, 1.165) is 17.7 Å². The van der Waals surface area contributed by atoms with E-state index >= 15 is 0 Å². The number of hydrogen-bond donors (Lipinski definition) is 2. The van der Waals surface area contributed by atoms with E-state index in [1.165, 1.54) is 17.4 Å². The lowest BCUT2D eigenvalue weighted by Gasteiger charge is -2.16. The van der Waals surface area contributed by atoms with E-state index in [4.69, 9.17) is 0 Å². The lowest BCUT2D eigenvalue weighted by Crippen LogP contribution is -2.32. The molecule has 6 nitrogen and oxygen atoms in total. The normalized spacial score (nSPS) is 13.5. The van der Waals surface area contributed by atoms with Gasteiger partial charge in [0.1, 0.15) is 5.70 Å². The van der Waals surface area contributed by atoms with Gasteiger partial charge in [-0.3, -0.25) is 14.4 Å². The van der Waals surface area contributed by atoms with Crippen LogP contribution in [0.1, 0.15) is 30.5 Å². The van der Waals surface area contributed by atoms with Crippen LogP contribution in [0.2, 0.25) is 0 Å². The summed E-state index contributed by atoms with van der Waals surface area (Å²) in [5.41, 5.74) is 5.09. The van der Waals surface area contributed by atoms with Gasteiger partial charge in [-0.15, -0.1) is 0 Å². The van der Waals surface area contributed by atoms with Gasteiger partial charge < -0.3 is 10.6 Å². The predicted molar refractivity (Wildman–Crippen MR) is 131 cm³/mol. The Morgan fingerprint density at radius 1 is 0.879 bits per heavy atom. The van der Waals surface area contributed by atoms with Crippen molar-refractivity contribution in [3.05, 3.63) is 95.2 Å². The van der Waals surface area contributed by atoms with Crippen molar-refractivity contribution in [2.24, 2.45) is 0 Å². The second kappa shape index (κ2) is 9.12. The van der Waals surface area contributed by atoms with Crippen molar-refractivity contribution in [1.29, 1.82) is 0 Å². The first-order valence-corrected chi connectivity index (χ1v) is 10.8. The van der Waals surface area contributed by atoms with Gasteiger partial charge in [0.15, 0.2) is 0 Å². The van der Waals surface area contributed by atoms with E-state index in [1.54, 1.807) is 30.3 Å². The number of anilines is 3. The van der Waals surface area contributed by atoms with Crippen LogP contribution in [0.4, 0.5) is 17.1 Å². The van der Waals surface area contributed by atoms with Crippen LogP contribution in [0.5, 0.6) is 0 Å². The first-order chi connectivity index (χ1) is 15.9. The van der Waals surface area contributed by atoms with Crippen molar-refractivity contribution in [2.45, 2.75) is 27.2 Å². The van der Waals surface area contributed by atoms with Crippen LogP contribution in [-0.4, -0.2) is 17.7 Å². The Labute approximate surface area is 192 Å². The molecule has 0 unspecified atom stereocenters. The number of aryl methyl sites for hydroxylation is 2. The minimum Gasteiger partial charge on any atom is -0.350 e. The minimum absolute atomic E-state index is 0.183. The first kappa shape index (κ1) is 22.0. The Kier molecular flexibility index (Phi) is 6.09. The molecule has 3 amide bonds. The maximum Gasteiger partial charge on any atom is 0.282 e. The molecule has 0 aromatic heterocycles. The molecule has 166 valence electrons. The molecule has 0 aliphatic carbocycles. The van der Waals surface area contributed by atoms with Gasteiger partial charge >= 0.3 is 0 Å². The smallest absolute Gasteiger partial charge is 0.282 e. The molecule has 6 heteroatoms. The van der Waals surface area contributed by atoms with E-state index in [1.807, 2.05) is 49.4 Å². The summed E-state index contributed by atoms with van der Waals surface area (Å²) in [6, 6.07) is 22.0. The Balaban J connectivity index is 1.77. The van der Waals surface area contributed by atoms with E-state index in [2.05, 4.69) is 17.6 Å². The number of nitrogens with one attached hydrogen (secondary N) is 2. The summed E-state index contributed by atoms with van der Waals surface area (Å²) in [6.45, 7) is 5.42. The lowest BCUT2D eigenvalue weighted by atomic mass is 10.0. The third kappa shape index (κ3) is 4.55. The number of benzene rings is 3. The summed E-state index contributed by atoms with van der Waals surface area (Å²) in [6.07, 6.45) is 0.910. The number of amides is 3. The fourth-order valence-corrected chi connectivity index (χ4v) is 3.81. The molecular formula is C27H25N3O3. The van der Waals surface area contributed by atoms with Gasteiger partial charge in [0, 0.05) is 18.3 Å². The Morgan fingerprint density at radius 2 is 1.55 bits per heavy atom. The number of carbonyl (C=O) groups is 3. The molecule has 2 N–H and O–H groups in total. The summed E-state index contributed by atoms with van der Waals surface area (Å²) in [5.74, 6) is -0.991.